The fourth-order valence-electron chi connectivity index (χ4n) is 1.54. The summed E-state index contributed by atoms with van der Waals surface area (Å²) in [5, 5.41) is 10.3. The van der Waals surface area contributed by atoms with Gasteiger partial charge in [0.15, 0.2) is 0 Å². The van der Waals surface area contributed by atoms with E-state index in [0.717, 1.165) is 15.4 Å². The number of carboxylic acids is 1. The van der Waals surface area contributed by atoms with Crippen LogP contribution in [0.2, 0.25) is 5.02 Å². The average molecular weight is 289 g/mol. The summed E-state index contributed by atoms with van der Waals surface area (Å²) < 4.78 is 2.38. The Hall–Kier alpha value is -1.000. The molecule has 0 unspecified atom stereocenters. The van der Waals surface area contributed by atoms with E-state index in [1.54, 1.807) is 23.7 Å². The molecule has 1 aromatic carbocycles. The van der Waals surface area contributed by atoms with Crippen molar-refractivity contribution in [2.24, 2.45) is 7.05 Å². The van der Waals surface area contributed by atoms with Gasteiger partial charge in [-0.2, -0.15) is 0 Å². The number of hydrogen-bond acceptors (Lipinski definition) is 1. The second kappa shape index (κ2) is 3.54. The Balaban J connectivity index is 2.83. The Morgan fingerprint density at radius 1 is 1.47 bits per heavy atom. The number of nitrogens with zero attached hydrogens (tertiary/aromatic N) is 1. The molecular formula is C10H7BrClNO2. The van der Waals surface area contributed by atoms with Crippen LogP contribution in [0.25, 0.3) is 10.9 Å². The van der Waals surface area contributed by atoms with Crippen molar-refractivity contribution in [3.05, 3.63) is 33.4 Å². The molecule has 1 aromatic heterocycles. The maximum Gasteiger partial charge on any atom is 0.352 e. The van der Waals surface area contributed by atoms with Crippen molar-refractivity contribution in [2.45, 2.75) is 0 Å². The van der Waals surface area contributed by atoms with Gasteiger partial charge in [-0.05, 0) is 34.1 Å². The van der Waals surface area contributed by atoms with Crippen LogP contribution in [0, 0.1) is 0 Å². The Labute approximate surface area is 99.4 Å². The van der Waals surface area contributed by atoms with E-state index in [4.69, 9.17) is 16.7 Å². The Bertz CT molecular complexity index is 562. The third-order valence-electron chi connectivity index (χ3n) is 2.30. The van der Waals surface area contributed by atoms with E-state index in [0.29, 0.717) is 5.02 Å². The van der Waals surface area contributed by atoms with E-state index in [1.165, 1.54) is 0 Å². The van der Waals surface area contributed by atoms with E-state index >= 15 is 0 Å². The molecule has 0 spiro atoms. The molecule has 2 aromatic rings. The zero-order valence-corrected chi connectivity index (χ0v) is 10.1. The van der Waals surface area contributed by atoms with Crippen molar-refractivity contribution in [2.75, 3.05) is 0 Å². The normalized spacial score (nSPS) is 10.9. The molecule has 0 atom stereocenters. The molecule has 3 nitrogen and oxygen atoms in total. The van der Waals surface area contributed by atoms with Crippen LogP contribution in [0.5, 0.6) is 0 Å². The van der Waals surface area contributed by atoms with Gasteiger partial charge in [-0.25, -0.2) is 4.79 Å². The number of rotatable bonds is 1. The molecule has 0 radical (unpaired) electrons. The van der Waals surface area contributed by atoms with Gasteiger partial charge in [-0.3, -0.25) is 0 Å². The summed E-state index contributed by atoms with van der Waals surface area (Å²) in [6, 6.07) is 5.16. The van der Waals surface area contributed by atoms with E-state index < -0.39 is 5.97 Å². The predicted octanol–water partition coefficient (Wildman–Crippen LogP) is 3.29. The molecule has 1 heterocycles. The van der Waals surface area contributed by atoms with Gasteiger partial charge in [-0.1, -0.05) is 11.6 Å². The first-order valence-electron chi connectivity index (χ1n) is 4.18. The van der Waals surface area contributed by atoms with Gasteiger partial charge in [0, 0.05) is 22.4 Å². The minimum Gasteiger partial charge on any atom is -0.477 e. The molecule has 0 saturated heterocycles. The first kappa shape index (κ1) is 10.5. The summed E-state index contributed by atoms with van der Waals surface area (Å²) in [6.07, 6.45) is 0. The number of hydrogen-bond donors (Lipinski definition) is 1. The highest BCUT2D eigenvalue weighted by molar-refractivity contribution is 9.10. The third-order valence-corrected chi connectivity index (χ3v) is 3.50. The quantitative estimate of drug-likeness (QED) is 0.875. The molecule has 0 amide bonds. The van der Waals surface area contributed by atoms with Gasteiger partial charge < -0.3 is 9.67 Å². The van der Waals surface area contributed by atoms with E-state index in [-0.39, 0.29) is 5.69 Å². The Kier molecular flexibility index (Phi) is 2.48. The maximum atomic E-state index is 10.9. The molecule has 0 aliphatic carbocycles. The van der Waals surface area contributed by atoms with Crippen LogP contribution in [0.1, 0.15) is 10.5 Å². The highest BCUT2D eigenvalue weighted by atomic mass is 79.9. The maximum absolute atomic E-state index is 10.9. The van der Waals surface area contributed by atoms with Crippen molar-refractivity contribution < 1.29 is 9.90 Å². The summed E-state index contributed by atoms with van der Waals surface area (Å²) in [7, 11) is 1.71. The predicted molar refractivity (Wildman–Crippen MR) is 62.6 cm³/mol. The van der Waals surface area contributed by atoms with Crippen molar-refractivity contribution in [1.29, 1.82) is 0 Å². The fraction of sp³-hybridized carbons (Fsp3) is 0.100. The van der Waals surface area contributed by atoms with Gasteiger partial charge >= 0.3 is 5.97 Å². The number of carboxylic acid groups (broad SMARTS) is 1. The van der Waals surface area contributed by atoms with Crippen molar-refractivity contribution in [3.8, 4) is 0 Å². The highest BCUT2D eigenvalue weighted by Gasteiger charge is 2.13. The zero-order chi connectivity index (χ0) is 11.2. The summed E-state index contributed by atoms with van der Waals surface area (Å²) in [4.78, 5) is 10.9. The molecule has 0 aliphatic heterocycles. The first-order chi connectivity index (χ1) is 7.00. The molecule has 0 bridgehead atoms. The lowest BCUT2D eigenvalue weighted by Gasteiger charge is -2.00. The van der Waals surface area contributed by atoms with E-state index in [1.807, 2.05) is 6.07 Å². The van der Waals surface area contributed by atoms with Gasteiger partial charge in [-0.15, -0.1) is 0 Å². The SMILES string of the molecule is Cn1c(C(=O)O)cc2cc(Cl)c(Br)cc21. The number of aromatic nitrogens is 1. The van der Waals surface area contributed by atoms with Gasteiger partial charge in [0.25, 0.3) is 0 Å². The molecule has 15 heavy (non-hydrogen) atoms. The summed E-state index contributed by atoms with van der Waals surface area (Å²) in [6.45, 7) is 0. The molecule has 78 valence electrons. The van der Waals surface area contributed by atoms with Gasteiger partial charge in [0.2, 0.25) is 0 Å². The highest BCUT2D eigenvalue weighted by Crippen LogP contribution is 2.29. The van der Waals surface area contributed by atoms with Gasteiger partial charge in [0.05, 0.1) is 5.02 Å². The van der Waals surface area contributed by atoms with Crippen molar-refractivity contribution in [3.63, 3.8) is 0 Å². The number of fused-ring (bicyclic) bond motifs is 1. The molecule has 0 saturated carbocycles. The topological polar surface area (TPSA) is 42.2 Å². The van der Waals surface area contributed by atoms with Gasteiger partial charge in [0.1, 0.15) is 5.69 Å². The lowest BCUT2D eigenvalue weighted by Crippen LogP contribution is -2.03. The van der Waals surface area contributed by atoms with Crippen molar-refractivity contribution >= 4 is 44.4 Å². The smallest absolute Gasteiger partial charge is 0.352 e. The van der Waals surface area contributed by atoms with Crippen LogP contribution in [-0.4, -0.2) is 15.6 Å². The lowest BCUT2D eigenvalue weighted by molar-refractivity contribution is 0.0687. The monoisotopic (exact) mass is 287 g/mol. The number of carbonyl (C=O) groups is 1. The standard InChI is InChI=1S/C10H7BrClNO2/c1-13-8-4-6(11)7(12)2-5(8)3-9(13)10(14)15/h2-4H,1H3,(H,14,15). The number of benzene rings is 1. The van der Waals surface area contributed by atoms with Crippen LogP contribution in [0.15, 0.2) is 22.7 Å². The van der Waals surface area contributed by atoms with Crippen LogP contribution in [0.3, 0.4) is 0 Å². The van der Waals surface area contributed by atoms with Crippen LogP contribution in [-0.2, 0) is 7.05 Å². The molecule has 0 aliphatic rings. The van der Waals surface area contributed by atoms with Crippen LogP contribution < -0.4 is 0 Å². The zero-order valence-electron chi connectivity index (χ0n) is 7.79. The molecule has 0 fully saturated rings. The number of halogens is 2. The van der Waals surface area contributed by atoms with Crippen LogP contribution >= 0.6 is 27.5 Å². The molecule has 2 rings (SSSR count). The summed E-state index contributed by atoms with van der Waals surface area (Å²) >= 11 is 9.23. The molecule has 5 heteroatoms. The summed E-state index contributed by atoms with van der Waals surface area (Å²) in [5.41, 5.74) is 1.09. The molecule has 1 N–H and O–H groups in total. The fourth-order valence-corrected chi connectivity index (χ4v) is 2.04. The summed E-state index contributed by atoms with van der Waals surface area (Å²) in [5.74, 6) is -0.944. The van der Waals surface area contributed by atoms with E-state index in [2.05, 4.69) is 15.9 Å². The number of aryl methyl sites for hydroxylation is 1. The largest absolute Gasteiger partial charge is 0.477 e. The van der Waals surface area contributed by atoms with Crippen molar-refractivity contribution in [1.82, 2.24) is 4.57 Å². The van der Waals surface area contributed by atoms with Crippen LogP contribution in [0.4, 0.5) is 0 Å². The third kappa shape index (κ3) is 1.64. The van der Waals surface area contributed by atoms with E-state index in [9.17, 15) is 4.79 Å². The second-order valence-corrected chi connectivity index (χ2v) is 4.48. The first-order valence-corrected chi connectivity index (χ1v) is 5.35. The lowest BCUT2D eigenvalue weighted by atomic mass is 10.2. The number of aromatic carboxylic acids is 1. The molecular weight excluding hydrogens is 281 g/mol. The minimum atomic E-state index is -0.944. The minimum absolute atomic E-state index is 0.249. The second-order valence-electron chi connectivity index (χ2n) is 3.22. The average Bonchev–Trinajstić information content (AvgIpc) is 2.46. The Morgan fingerprint density at radius 3 is 2.73 bits per heavy atom. The Morgan fingerprint density at radius 2 is 2.13 bits per heavy atom.